The van der Waals surface area contributed by atoms with Crippen LogP contribution in [0.5, 0.6) is 5.88 Å². The third-order valence-corrected chi connectivity index (χ3v) is 3.90. The van der Waals surface area contributed by atoms with E-state index in [1.165, 1.54) is 7.11 Å². The van der Waals surface area contributed by atoms with Crippen molar-refractivity contribution in [3.05, 3.63) is 86.3 Å². The first-order valence-corrected chi connectivity index (χ1v) is 7.91. The highest BCUT2D eigenvalue weighted by Gasteiger charge is 2.34. The highest BCUT2D eigenvalue weighted by atomic mass is 19.4. The van der Waals surface area contributed by atoms with Crippen molar-refractivity contribution in [1.29, 1.82) is 0 Å². The molecule has 1 aromatic heterocycles. The Morgan fingerprint density at radius 2 is 1.75 bits per heavy atom. The maximum Gasteiger partial charge on any atom is 0.419 e. The van der Waals surface area contributed by atoms with Crippen molar-refractivity contribution in [3.63, 3.8) is 0 Å². The van der Waals surface area contributed by atoms with Gasteiger partial charge in [0.2, 0.25) is 0 Å². The number of hydrogen-bond acceptors (Lipinski definition) is 4. The molecule has 0 spiro atoms. The van der Waals surface area contributed by atoms with E-state index in [9.17, 15) is 27.2 Å². The van der Waals surface area contributed by atoms with Crippen molar-refractivity contribution in [2.24, 2.45) is 0 Å². The number of halogens is 4. The minimum absolute atomic E-state index is 0.0826. The van der Waals surface area contributed by atoms with E-state index >= 15 is 0 Å². The predicted molar refractivity (Wildman–Crippen MR) is 91.2 cm³/mol. The molecule has 0 N–H and O–H groups in total. The molecule has 0 saturated carbocycles. The van der Waals surface area contributed by atoms with Crippen molar-refractivity contribution >= 4 is 0 Å². The van der Waals surface area contributed by atoms with E-state index in [4.69, 9.17) is 4.74 Å². The Kier molecular flexibility index (Phi) is 5.04. The molecular formula is C18H13F4N3O3. The van der Waals surface area contributed by atoms with Gasteiger partial charge in [0.15, 0.2) is 0 Å². The van der Waals surface area contributed by atoms with Crippen LogP contribution in [0.4, 0.5) is 17.6 Å². The second-order valence-electron chi connectivity index (χ2n) is 5.74. The molecule has 0 aliphatic heterocycles. The Bertz CT molecular complexity index is 1120. The number of benzene rings is 2. The highest BCUT2D eigenvalue weighted by molar-refractivity contribution is 5.31. The Balaban J connectivity index is 2.15. The summed E-state index contributed by atoms with van der Waals surface area (Å²) in [5.41, 5.74) is -3.04. The SMILES string of the molecule is COc1nn(-c2ccccc2)c(=O)n(Cc2ccc(F)c(C(F)(F)F)c2)c1=O. The molecule has 0 radical (unpaired) electrons. The van der Waals surface area contributed by atoms with Crippen LogP contribution in [0.25, 0.3) is 5.69 Å². The summed E-state index contributed by atoms with van der Waals surface area (Å²) in [5.74, 6) is -1.86. The van der Waals surface area contributed by atoms with Gasteiger partial charge in [0.1, 0.15) is 5.82 Å². The molecule has 0 aliphatic rings. The molecule has 0 unspecified atom stereocenters. The van der Waals surface area contributed by atoms with Crippen molar-refractivity contribution in [2.45, 2.75) is 12.7 Å². The van der Waals surface area contributed by atoms with Crippen molar-refractivity contribution < 1.29 is 22.3 Å². The van der Waals surface area contributed by atoms with Gasteiger partial charge in [-0.2, -0.15) is 17.9 Å². The Morgan fingerprint density at radius 3 is 2.36 bits per heavy atom. The lowest BCUT2D eigenvalue weighted by molar-refractivity contribution is -0.140. The second-order valence-corrected chi connectivity index (χ2v) is 5.74. The Morgan fingerprint density at radius 1 is 1.07 bits per heavy atom. The summed E-state index contributed by atoms with van der Waals surface area (Å²) in [5, 5.41) is 3.84. The lowest BCUT2D eigenvalue weighted by atomic mass is 10.1. The molecule has 1 heterocycles. The monoisotopic (exact) mass is 395 g/mol. The first kappa shape index (κ1) is 19.3. The molecule has 0 fully saturated rings. The van der Waals surface area contributed by atoms with Crippen LogP contribution in [0.3, 0.4) is 0 Å². The lowest BCUT2D eigenvalue weighted by Crippen LogP contribution is -2.41. The smallest absolute Gasteiger partial charge is 0.419 e. The second kappa shape index (κ2) is 7.29. The van der Waals surface area contributed by atoms with Gasteiger partial charge in [-0.3, -0.25) is 4.79 Å². The van der Waals surface area contributed by atoms with Crippen LogP contribution >= 0.6 is 0 Å². The lowest BCUT2D eigenvalue weighted by Gasteiger charge is -2.13. The number of para-hydroxylation sites is 1. The average molecular weight is 395 g/mol. The molecule has 146 valence electrons. The van der Waals surface area contributed by atoms with Crippen molar-refractivity contribution in [1.82, 2.24) is 14.3 Å². The molecule has 0 bridgehead atoms. The Hall–Kier alpha value is -3.43. The molecule has 0 atom stereocenters. The van der Waals surface area contributed by atoms with E-state index in [1.807, 2.05) is 0 Å². The van der Waals surface area contributed by atoms with Crippen molar-refractivity contribution in [2.75, 3.05) is 7.11 Å². The summed E-state index contributed by atoms with van der Waals surface area (Å²) in [6.07, 6.45) is -4.91. The van der Waals surface area contributed by atoms with Crippen molar-refractivity contribution in [3.8, 4) is 11.6 Å². The molecule has 0 saturated heterocycles. The molecule has 3 rings (SSSR count). The van der Waals surface area contributed by atoms with Gasteiger partial charge in [0.25, 0.3) is 5.88 Å². The molecule has 0 aliphatic carbocycles. The normalized spacial score (nSPS) is 11.5. The van der Waals surface area contributed by atoms with E-state index in [2.05, 4.69) is 5.10 Å². The van der Waals surface area contributed by atoms with E-state index < -0.39 is 41.2 Å². The van der Waals surface area contributed by atoms with Gasteiger partial charge < -0.3 is 4.74 Å². The number of hydrogen-bond donors (Lipinski definition) is 0. The molecule has 2 aromatic carbocycles. The van der Waals surface area contributed by atoms with Crippen LogP contribution in [-0.2, 0) is 12.7 Å². The summed E-state index contributed by atoms with van der Waals surface area (Å²) in [4.78, 5) is 25.1. The standard InChI is InChI=1S/C18H13F4N3O3/c1-28-15-16(26)24(17(27)25(23-15)12-5-3-2-4-6-12)10-11-7-8-14(19)13(9-11)18(20,21)22/h2-9H,10H2,1H3. The van der Waals surface area contributed by atoms with Gasteiger partial charge >= 0.3 is 17.4 Å². The number of ether oxygens (including phenoxy) is 1. The molecule has 0 amide bonds. The first-order valence-electron chi connectivity index (χ1n) is 7.91. The van der Waals surface area contributed by atoms with E-state index in [0.717, 1.165) is 10.7 Å². The predicted octanol–water partition coefficient (Wildman–Crippen LogP) is 2.61. The van der Waals surface area contributed by atoms with E-state index in [0.29, 0.717) is 22.4 Å². The summed E-state index contributed by atoms with van der Waals surface area (Å²) in [6.45, 7) is -0.521. The minimum Gasteiger partial charge on any atom is -0.476 e. The number of nitrogens with zero attached hydrogens (tertiary/aromatic N) is 3. The zero-order chi connectivity index (χ0) is 20.5. The minimum atomic E-state index is -4.91. The van der Waals surface area contributed by atoms with Gasteiger partial charge in [0.05, 0.1) is 24.9 Å². The number of aromatic nitrogens is 3. The van der Waals surface area contributed by atoms with Gasteiger partial charge in [-0.05, 0) is 29.8 Å². The number of rotatable bonds is 4. The Labute approximate surface area is 155 Å². The largest absolute Gasteiger partial charge is 0.476 e. The molecule has 28 heavy (non-hydrogen) atoms. The van der Waals surface area contributed by atoms with Crippen LogP contribution in [-0.4, -0.2) is 21.5 Å². The summed E-state index contributed by atoms with van der Waals surface area (Å²) < 4.78 is 58.7. The molecular weight excluding hydrogens is 382 g/mol. The average Bonchev–Trinajstić information content (AvgIpc) is 2.66. The van der Waals surface area contributed by atoms with Crippen LogP contribution in [0.15, 0.2) is 58.1 Å². The maximum atomic E-state index is 13.5. The third-order valence-electron chi connectivity index (χ3n) is 3.90. The van der Waals surface area contributed by atoms with E-state index in [1.54, 1.807) is 30.3 Å². The third kappa shape index (κ3) is 3.66. The van der Waals surface area contributed by atoms with Crippen LogP contribution < -0.4 is 16.0 Å². The number of methoxy groups -OCH3 is 1. The summed E-state index contributed by atoms with van der Waals surface area (Å²) >= 11 is 0. The topological polar surface area (TPSA) is 66.1 Å². The fraction of sp³-hybridized carbons (Fsp3) is 0.167. The van der Waals surface area contributed by atoms with Crippen LogP contribution in [0, 0.1) is 5.82 Å². The van der Waals surface area contributed by atoms with Gasteiger partial charge in [-0.15, -0.1) is 5.10 Å². The molecule has 6 nitrogen and oxygen atoms in total. The summed E-state index contributed by atoms with van der Waals surface area (Å²) in [6, 6.07) is 10.4. The number of alkyl halides is 3. The molecule has 10 heteroatoms. The fourth-order valence-corrected chi connectivity index (χ4v) is 2.57. The summed E-state index contributed by atoms with van der Waals surface area (Å²) in [7, 11) is 1.17. The highest BCUT2D eigenvalue weighted by Crippen LogP contribution is 2.31. The van der Waals surface area contributed by atoms with E-state index in [-0.39, 0.29) is 5.56 Å². The van der Waals surface area contributed by atoms with Gasteiger partial charge in [-0.25, -0.2) is 13.8 Å². The van der Waals surface area contributed by atoms with Crippen LogP contribution in [0.2, 0.25) is 0 Å². The van der Waals surface area contributed by atoms with Gasteiger partial charge in [-0.1, -0.05) is 24.3 Å². The van der Waals surface area contributed by atoms with Crippen LogP contribution in [0.1, 0.15) is 11.1 Å². The van der Waals surface area contributed by atoms with Gasteiger partial charge in [0, 0.05) is 0 Å². The maximum absolute atomic E-state index is 13.5. The first-order chi connectivity index (χ1) is 13.2. The quantitative estimate of drug-likeness (QED) is 0.637. The zero-order valence-electron chi connectivity index (χ0n) is 14.4. The zero-order valence-corrected chi connectivity index (χ0v) is 14.4. The fourth-order valence-electron chi connectivity index (χ4n) is 2.57. The molecule has 3 aromatic rings.